The average Bonchev–Trinajstić information content (AvgIpc) is 2.26. The van der Waals surface area contributed by atoms with Crippen LogP contribution in [0.25, 0.3) is 10.4 Å². The number of terminal acetylenes is 1. The smallest absolute Gasteiger partial charge is 0.0921 e. The van der Waals surface area contributed by atoms with Gasteiger partial charge in [-0.05, 0) is 23.7 Å². The number of rotatable bonds is 8. The van der Waals surface area contributed by atoms with E-state index in [-0.39, 0.29) is 5.67 Å². The van der Waals surface area contributed by atoms with Gasteiger partial charge < -0.3 is 0 Å². The van der Waals surface area contributed by atoms with Crippen molar-refractivity contribution < 1.29 is 0 Å². The second-order valence-corrected chi connectivity index (χ2v) is 8.11. The molecule has 0 aromatic rings. The molecule has 0 aromatic heterocycles. The van der Waals surface area contributed by atoms with Gasteiger partial charge in [0, 0.05) is 4.91 Å². The van der Waals surface area contributed by atoms with Gasteiger partial charge in [-0.2, -0.15) is 0 Å². The Labute approximate surface area is 98.2 Å². The normalized spacial score (nSPS) is 11.7. The average molecular weight is 231 g/mol. The number of hydrogen-bond donors (Lipinski definition) is 0. The van der Waals surface area contributed by atoms with Gasteiger partial charge in [-0.1, -0.05) is 23.3 Å². The molecule has 0 saturated carbocycles. The van der Waals surface area contributed by atoms with Gasteiger partial charge in [-0.25, -0.2) is 0 Å². The molecule has 0 aliphatic carbocycles. The lowest BCUT2D eigenvalue weighted by Crippen LogP contribution is -2.44. The molecular formula is C12H17N3Si. The maximum Gasteiger partial charge on any atom is 0.0921 e. The van der Waals surface area contributed by atoms with Crippen LogP contribution in [0.4, 0.5) is 0 Å². The van der Waals surface area contributed by atoms with Crippen LogP contribution in [0.15, 0.2) is 43.1 Å². The topological polar surface area (TPSA) is 48.8 Å². The van der Waals surface area contributed by atoms with Crippen LogP contribution in [0.1, 0.15) is 0 Å². The predicted octanol–water partition coefficient (Wildman–Crippen LogP) is 3.84. The highest BCUT2D eigenvalue weighted by atomic mass is 28.3. The molecule has 0 N–H and O–H groups in total. The summed E-state index contributed by atoms with van der Waals surface area (Å²) in [6.45, 7) is 11.2. The second kappa shape index (κ2) is 7.58. The number of hydrogen-bond acceptors (Lipinski definition) is 1. The van der Waals surface area contributed by atoms with Gasteiger partial charge in [0.15, 0.2) is 0 Å². The summed E-state index contributed by atoms with van der Waals surface area (Å²) in [6, 6.07) is 2.41. The molecule has 0 aliphatic heterocycles. The van der Waals surface area contributed by atoms with E-state index in [1.807, 2.05) is 18.2 Å². The van der Waals surface area contributed by atoms with E-state index in [4.69, 9.17) is 12.0 Å². The molecule has 0 spiro atoms. The standard InChI is InChI=1S/C12H17N3Si/c1-5-9-16(10-6-2,11-7-3)12(8-4)14-15-13/h4-7,12H,1-3,9-11H2. The molecule has 84 valence electrons. The lowest BCUT2D eigenvalue weighted by Gasteiger charge is -2.31. The molecule has 3 nitrogen and oxygen atoms in total. The Morgan fingerprint density at radius 2 is 1.69 bits per heavy atom. The largest absolute Gasteiger partial charge is 0.120 e. The first-order valence-electron chi connectivity index (χ1n) is 5.03. The number of azide groups is 1. The van der Waals surface area contributed by atoms with E-state index < -0.39 is 8.07 Å². The third-order valence-corrected chi connectivity index (χ3v) is 7.31. The van der Waals surface area contributed by atoms with Crippen molar-refractivity contribution in [1.82, 2.24) is 0 Å². The van der Waals surface area contributed by atoms with Crippen LogP contribution < -0.4 is 0 Å². The minimum absolute atomic E-state index is 0.369. The van der Waals surface area contributed by atoms with Gasteiger partial charge in [-0.3, -0.25) is 0 Å². The molecule has 1 atom stereocenters. The quantitative estimate of drug-likeness (QED) is 0.152. The van der Waals surface area contributed by atoms with Gasteiger partial charge in [-0.15, -0.1) is 32.1 Å². The van der Waals surface area contributed by atoms with Crippen molar-refractivity contribution in [1.29, 1.82) is 0 Å². The Kier molecular flexibility index (Phi) is 6.78. The molecule has 0 amide bonds. The van der Waals surface area contributed by atoms with Crippen molar-refractivity contribution in [2.45, 2.75) is 23.8 Å². The highest BCUT2D eigenvalue weighted by Crippen LogP contribution is 2.28. The first-order chi connectivity index (χ1) is 7.70. The van der Waals surface area contributed by atoms with Crippen molar-refractivity contribution in [3.63, 3.8) is 0 Å². The van der Waals surface area contributed by atoms with E-state index in [0.717, 1.165) is 18.1 Å². The molecule has 0 rings (SSSR count). The number of nitrogens with zero attached hydrogens (tertiary/aromatic N) is 3. The minimum Gasteiger partial charge on any atom is -0.120 e. The molecule has 0 aromatic carbocycles. The van der Waals surface area contributed by atoms with E-state index >= 15 is 0 Å². The van der Waals surface area contributed by atoms with E-state index in [9.17, 15) is 0 Å². The third-order valence-electron chi connectivity index (χ3n) is 2.56. The Morgan fingerprint density at radius 1 is 1.25 bits per heavy atom. The van der Waals surface area contributed by atoms with Crippen LogP contribution >= 0.6 is 0 Å². The first kappa shape index (κ1) is 14.3. The fourth-order valence-electron chi connectivity index (χ4n) is 1.83. The summed E-state index contributed by atoms with van der Waals surface area (Å²) in [5.74, 6) is 2.60. The zero-order valence-electron chi connectivity index (χ0n) is 9.47. The molecule has 16 heavy (non-hydrogen) atoms. The van der Waals surface area contributed by atoms with E-state index in [0.29, 0.717) is 0 Å². The maximum absolute atomic E-state index is 8.54. The van der Waals surface area contributed by atoms with E-state index in [2.05, 4.69) is 35.7 Å². The lowest BCUT2D eigenvalue weighted by atomic mass is 10.7. The fourth-order valence-corrected chi connectivity index (χ4v) is 5.38. The highest BCUT2D eigenvalue weighted by molar-refractivity contribution is 6.83. The second-order valence-electron chi connectivity index (χ2n) is 3.61. The zero-order valence-corrected chi connectivity index (χ0v) is 10.5. The van der Waals surface area contributed by atoms with Crippen LogP contribution in [0.3, 0.4) is 0 Å². The molecule has 0 fully saturated rings. The minimum atomic E-state index is -1.96. The monoisotopic (exact) mass is 231 g/mol. The molecule has 4 heteroatoms. The van der Waals surface area contributed by atoms with E-state index in [1.165, 1.54) is 0 Å². The maximum atomic E-state index is 8.54. The van der Waals surface area contributed by atoms with Crippen LogP contribution in [-0.4, -0.2) is 13.7 Å². The van der Waals surface area contributed by atoms with Gasteiger partial charge in [0.1, 0.15) is 0 Å². The molecule has 0 aliphatic rings. The van der Waals surface area contributed by atoms with Crippen molar-refractivity contribution in [3.05, 3.63) is 48.4 Å². The third kappa shape index (κ3) is 3.47. The van der Waals surface area contributed by atoms with Gasteiger partial charge >= 0.3 is 0 Å². The van der Waals surface area contributed by atoms with Gasteiger partial charge in [0.2, 0.25) is 0 Å². The molecule has 0 bridgehead atoms. The Hall–Kier alpha value is -1.69. The Balaban J connectivity index is 5.33. The molecular weight excluding hydrogens is 214 g/mol. The van der Waals surface area contributed by atoms with Crippen LogP contribution in [0.2, 0.25) is 18.1 Å². The first-order valence-corrected chi connectivity index (χ1v) is 7.73. The molecule has 0 saturated heterocycles. The summed E-state index contributed by atoms with van der Waals surface area (Å²) in [5.41, 5.74) is 8.17. The Bertz CT molecular complexity index is 321. The van der Waals surface area contributed by atoms with Crippen molar-refractivity contribution in [2.75, 3.05) is 0 Å². The van der Waals surface area contributed by atoms with Crippen molar-refractivity contribution in [3.8, 4) is 12.3 Å². The van der Waals surface area contributed by atoms with Crippen LogP contribution in [0, 0.1) is 12.3 Å². The van der Waals surface area contributed by atoms with Gasteiger partial charge in [0.25, 0.3) is 0 Å². The molecule has 0 radical (unpaired) electrons. The summed E-state index contributed by atoms with van der Waals surface area (Å²) < 4.78 is 0. The fraction of sp³-hybridized carbons (Fsp3) is 0.333. The van der Waals surface area contributed by atoms with Gasteiger partial charge in [0.05, 0.1) is 13.7 Å². The summed E-state index contributed by atoms with van der Waals surface area (Å²) in [7, 11) is -1.96. The predicted molar refractivity (Wildman–Crippen MR) is 72.5 cm³/mol. The summed E-state index contributed by atoms with van der Waals surface area (Å²) >= 11 is 0. The van der Waals surface area contributed by atoms with Crippen molar-refractivity contribution >= 4 is 8.07 Å². The summed E-state index contributed by atoms with van der Waals surface area (Å²) in [5, 5.41) is 3.73. The zero-order chi connectivity index (χ0) is 12.4. The SMILES string of the molecule is C#CC(N=[N+]=[N-])[Si](CC=C)(CC=C)CC=C. The van der Waals surface area contributed by atoms with Crippen molar-refractivity contribution in [2.24, 2.45) is 5.11 Å². The highest BCUT2D eigenvalue weighted by Gasteiger charge is 2.36. The summed E-state index contributed by atoms with van der Waals surface area (Å²) in [6.07, 6.45) is 11.0. The molecule has 0 heterocycles. The van der Waals surface area contributed by atoms with Crippen LogP contribution in [-0.2, 0) is 0 Å². The lowest BCUT2D eigenvalue weighted by molar-refractivity contribution is 1.04. The van der Waals surface area contributed by atoms with E-state index in [1.54, 1.807) is 0 Å². The molecule has 1 unspecified atom stereocenters. The Morgan fingerprint density at radius 3 is 1.94 bits per heavy atom. The number of allylic oxidation sites excluding steroid dienone is 3. The summed E-state index contributed by atoms with van der Waals surface area (Å²) in [4.78, 5) is 2.83. The van der Waals surface area contributed by atoms with Crippen LogP contribution in [0.5, 0.6) is 0 Å².